The monoisotopic (exact) mass is 388 g/mol. The van der Waals surface area contributed by atoms with Crippen molar-refractivity contribution < 1.29 is 4.79 Å². The van der Waals surface area contributed by atoms with E-state index < -0.39 is 0 Å². The number of nitrogens with two attached hydrogens (primary N) is 1. The maximum Gasteiger partial charge on any atom is 0.253 e. The van der Waals surface area contributed by atoms with Gasteiger partial charge in [0.25, 0.3) is 5.91 Å². The van der Waals surface area contributed by atoms with Crippen molar-refractivity contribution >= 4 is 17.5 Å². The first-order valence-corrected chi connectivity index (χ1v) is 9.82. The molecule has 0 bridgehead atoms. The van der Waals surface area contributed by atoms with Gasteiger partial charge in [-0.3, -0.25) is 4.79 Å². The van der Waals surface area contributed by atoms with E-state index in [1.165, 1.54) is 0 Å². The van der Waals surface area contributed by atoms with Crippen LogP contribution in [0.2, 0.25) is 0 Å². The number of rotatable bonds is 4. The third kappa shape index (κ3) is 3.89. The number of carbonyl (C=O) groups is 1. The topological polar surface area (TPSA) is 88.2 Å². The Labute approximate surface area is 170 Å². The highest BCUT2D eigenvalue weighted by atomic mass is 16.2. The van der Waals surface area contributed by atoms with Gasteiger partial charge in [0.15, 0.2) is 0 Å². The molecule has 1 fully saturated rings. The molecule has 0 spiro atoms. The molecule has 4 rings (SSSR count). The van der Waals surface area contributed by atoms with Gasteiger partial charge in [-0.2, -0.15) is 0 Å². The summed E-state index contributed by atoms with van der Waals surface area (Å²) < 4.78 is 0. The molecule has 0 unspecified atom stereocenters. The van der Waals surface area contributed by atoms with Crippen LogP contribution in [0, 0.1) is 0 Å². The highest BCUT2D eigenvalue weighted by molar-refractivity contribution is 5.94. The van der Waals surface area contributed by atoms with Crippen molar-refractivity contribution in [3.63, 3.8) is 0 Å². The van der Waals surface area contributed by atoms with Crippen LogP contribution in [0.15, 0.2) is 55.0 Å². The molecule has 7 nitrogen and oxygen atoms in total. The molecule has 0 atom stereocenters. The van der Waals surface area contributed by atoms with Crippen LogP contribution in [0.5, 0.6) is 0 Å². The van der Waals surface area contributed by atoms with E-state index in [1.807, 2.05) is 41.3 Å². The molecule has 29 heavy (non-hydrogen) atoms. The number of hydrogen-bond donors (Lipinski definition) is 1. The maximum absolute atomic E-state index is 12.7. The molecular formula is C22H24N6O. The van der Waals surface area contributed by atoms with Gasteiger partial charge in [0, 0.05) is 49.1 Å². The van der Waals surface area contributed by atoms with Crippen molar-refractivity contribution in [1.82, 2.24) is 19.9 Å². The molecule has 1 saturated heterocycles. The first-order chi connectivity index (χ1) is 14.2. The van der Waals surface area contributed by atoms with E-state index in [1.54, 1.807) is 18.6 Å². The minimum absolute atomic E-state index is 0.0742. The van der Waals surface area contributed by atoms with Gasteiger partial charge in [0.2, 0.25) is 0 Å². The number of piperazine rings is 1. The number of nitrogens with zero attached hydrogens (tertiary/aromatic N) is 5. The second-order valence-electron chi connectivity index (χ2n) is 6.99. The van der Waals surface area contributed by atoms with Crippen molar-refractivity contribution in [3.8, 4) is 11.1 Å². The molecule has 1 amide bonds. The van der Waals surface area contributed by atoms with E-state index >= 15 is 0 Å². The Kier molecular flexibility index (Phi) is 5.37. The minimum atomic E-state index is 0.0742. The molecule has 2 N–H and O–H groups in total. The SMILES string of the molecule is CCc1ncnc(N2CCN(C(=O)c3ccccc3)CC2)c1-c1ccc(N)nc1. The van der Waals surface area contributed by atoms with Gasteiger partial charge in [0.05, 0.1) is 5.69 Å². The maximum atomic E-state index is 12.7. The van der Waals surface area contributed by atoms with Gasteiger partial charge in [-0.25, -0.2) is 15.0 Å². The number of aromatic nitrogens is 3. The number of anilines is 2. The van der Waals surface area contributed by atoms with Crippen LogP contribution in [-0.4, -0.2) is 51.9 Å². The molecule has 3 aromatic rings. The van der Waals surface area contributed by atoms with Crippen LogP contribution in [-0.2, 0) is 6.42 Å². The summed E-state index contributed by atoms with van der Waals surface area (Å²) in [6, 6.07) is 13.2. The van der Waals surface area contributed by atoms with E-state index in [0.29, 0.717) is 32.0 Å². The minimum Gasteiger partial charge on any atom is -0.384 e. The van der Waals surface area contributed by atoms with E-state index in [9.17, 15) is 4.79 Å². The summed E-state index contributed by atoms with van der Waals surface area (Å²) in [7, 11) is 0. The fourth-order valence-corrected chi connectivity index (χ4v) is 3.65. The molecule has 2 aromatic heterocycles. The Morgan fingerprint density at radius 3 is 2.41 bits per heavy atom. The normalized spacial score (nSPS) is 14.1. The zero-order valence-corrected chi connectivity index (χ0v) is 16.5. The van der Waals surface area contributed by atoms with Gasteiger partial charge in [-0.05, 0) is 30.7 Å². The van der Waals surface area contributed by atoms with Crippen molar-refractivity contribution in [3.05, 3.63) is 66.2 Å². The highest BCUT2D eigenvalue weighted by Gasteiger charge is 2.25. The molecule has 148 valence electrons. The van der Waals surface area contributed by atoms with Gasteiger partial charge in [0.1, 0.15) is 18.0 Å². The summed E-state index contributed by atoms with van der Waals surface area (Å²) >= 11 is 0. The Morgan fingerprint density at radius 2 is 1.76 bits per heavy atom. The fourth-order valence-electron chi connectivity index (χ4n) is 3.65. The molecule has 1 aliphatic rings. The van der Waals surface area contributed by atoms with Crippen LogP contribution >= 0.6 is 0 Å². The smallest absolute Gasteiger partial charge is 0.253 e. The van der Waals surface area contributed by atoms with Crippen molar-refractivity contribution in [2.24, 2.45) is 0 Å². The van der Waals surface area contributed by atoms with Crippen LogP contribution in [0.4, 0.5) is 11.6 Å². The summed E-state index contributed by atoms with van der Waals surface area (Å²) in [4.78, 5) is 30.1. The molecule has 3 heterocycles. The Hall–Kier alpha value is -3.48. The largest absolute Gasteiger partial charge is 0.384 e. The fraction of sp³-hybridized carbons (Fsp3) is 0.273. The molecule has 0 aliphatic carbocycles. The summed E-state index contributed by atoms with van der Waals surface area (Å²) in [5.74, 6) is 1.44. The lowest BCUT2D eigenvalue weighted by Crippen LogP contribution is -2.49. The lowest BCUT2D eigenvalue weighted by atomic mass is 10.0. The van der Waals surface area contributed by atoms with Gasteiger partial charge >= 0.3 is 0 Å². The van der Waals surface area contributed by atoms with Crippen LogP contribution < -0.4 is 10.6 Å². The lowest BCUT2D eigenvalue weighted by molar-refractivity contribution is 0.0746. The van der Waals surface area contributed by atoms with Gasteiger partial charge in [-0.15, -0.1) is 0 Å². The summed E-state index contributed by atoms with van der Waals surface area (Å²) in [5, 5.41) is 0. The molecule has 1 aliphatic heterocycles. The number of pyridine rings is 1. The number of aryl methyl sites for hydroxylation is 1. The number of hydrogen-bond acceptors (Lipinski definition) is 6. The predicted molar refractivity (Wildman–Crippen MR) is 114 cm³/mol. The van der Waals surface area contributed by atoms with Crippen molar-refractivity contribution in [2.45, 2.75) is 13.3 Å². The average Bonchev–Trinajstić information content (AvgIpc) is 2.79. The second kappa shape index (κ2) is 8.26. The Balaban J connectivity index is 1.57. The molecule has 1 aromatic carbocycles. The van der Waals surface area contributed by atoms with Crippen molar-refractivity contribution in [1.29, 1.82) is 0 Å². The summed E-state index contributed by atoms with van der Waals surface area (Å²) in [6.07, 6.45) is 4.18. The van der Waals surface area contributed by atoms with Crippen LogP contribution in [0.25, 0.3) is 11.1 Å². The average molecular weight is 388 g/mol. The Bertz CT molecular complexity index is 982. The standard InChI is InChI=1S/C22H24N6O/c1-2-18-20(17-8-9-19(23)24-14-17)21(26-15-25-18)27-10-12-28(13-11-27)22(29)16-6-4-3-5-7-16/h3-9,14-15H,2,10-13H2,1H3,(H2,23,24). The van der Waals surface area contributed by atoms with E-state index in [4.69, 9.17) is 5.73 Å². The summed E-state index contributed by atoms with van der Waals surface area (Å²) in [5.41, 5.74) is 9.40. The molecule has 0 radical (unpaired) electrons. The zero-order chi connectivity index (χ0) is 20.2. The number of nitrogen functional groups attached to an aromatic ring is 1. The highest BCUT2D eigenvalue weighted by Crippen LogP contribution is 2.32. The first-order valence-electron chi connectivity index (χ1n) is 9.82. The predicted octanol–water partition coefficient (Wildman–Crippen LogP) is 2.65. The third-order valence-electron chi connectivity index (χ3n) is 5.20. The molecule has 7 heteroatoms. The number of benzene rings is 1. The first kappa shape index (κ1) is 18.9. The molecule has 0 saturated carbocycles. The molecular weight excluding hydrogens is 364 g/mol. The number of amides is 1. The quantitative estimate of drug-likeness (QED) is 0.739. The van der Waals surface area contributed by atoms with Gasteiger partial charge < -0.3 is 15.5 Å². The second-order valence-corrected chi connectivity index (χ2v) is 6.99. The van der Waals surface area contributed by atoms with Crippen molar-refractivity contribution in [2.75, 3.05) is 36.8 Å². The van der Waals surface area contributed by atoms with Gasteiger partial charge in [-0.1, -0.05) is 25.1 Å². The van der Waals surface area contributed by atoms with Crippen LogP contribution in [0.1, 0.15) is 23.0 Å². The van der Waals surface area contributed by atoms with E-state index in [0.717, 1.165) is 34.6 Å². The van der Waals surface area contributed by atoms with E-state index in [-0.39, 0.29) is 5.91 Å². The lowest BCUT2D eigenvalue weighted by Gasteiger charge is -2.36. The number of carbonyl (C=O) groups excluding carboxylic acids is 1. The summed E-state index contributed by atoms with van der Waals surface area (Å²) in [6.45, 7) is 4.82. The van der Waals surface area contributed by atoms with E-state index in [2.05, 4.69) is 26.8 Å². The third-order valence-corrected chi connectivity index (χ3v) is 5.20. The zero-order valence-electron chi connectivity index (χ0n) is 16.5. The Morgan fingerprint density at radius 1 is 1.00 bits per heavy atom. The van der Waals surface area contributed by atoms with Crippen LogP contribution in [0.3, 0.4) is 0 Å².